The van der Waals surface area contributed by atoms with Crippen molar-refractivity contribution >= 4 is 27.0 Å². The van der Waals surface area contributed by atoms with Crippen molar-refractivity contribution in [2.24, 2.45) is 5.41 Å². The van der Waals surface area contributed by atoms with Crippen molar-refractivity contribution in [1.82, 2.24) is 9.55 Å². The molecule has 0 unspecified atom stereocenters. The smallest absolute Gasteiger partial charge is 0.326 e. The summed E-state index contributed by atoms with van der Waals surface area (Å²) in [4.78, 5) is 4.57. The minimum absolute atomic E-state index is 0.0127. The SMILES string of the molecule is CC(C)(C)Cc1nc2cc(Br)ccc2n1CCOC(F)(F)F. The highest BCUT2D eigenvalue weighted by atomic mass is 79.9. The van der Waals surface area contributed by atoms with Crippen LogP contribution in [-0.4, -0.2) is 22.5 Å². The van der Waals surface area contributed by atoms with Crippen molar-refractivity contribution in [3.63, 3.8) is 0 Å². The maximum atomic E-state index is 12.2. The van der Waals surface area contributed by atoms with E-state index in [1.807, 2.05) is 18.2 Å². The van der Waals surface area contributed by atoms with Crippen molar-refractivity contribution in [2.75, 3.05) is 6.61 Å². The Kier molecular flexibility index (Phi) is 4.87. The normalized spacial score (nSPS) is 13.0. The molecule has 22 heavy (non-hydrogen) atoms. The van der Waals surface area contributed by atoms with Gasteiger partial charge in [0.05, 0.1) is 17.6 Å². The van der Waals surface area contributed by atoms with E-state index in [0.717, 1.165) is 21.3 Å². The molecule has 0 saturated carbocycles. The molecule has 2 aromatic rings. The lowest BCUT2D eigenvalue weighted by Crippen LogP contribution is -2.20. The number of hydrogen-bond donors (Lipinski definition) is 0. The van der Waals surface area contributed by atoms with Gasteiger partial charge < -0.3 is 4.57 Å². The summed E-state index contributed by atoms with van der Waals surface area (Å²) in [5.74, 6) is 0.770. The van der Waals surface area contributed by atoms with Gasteiger partial charge in [-0.3, -0.25) is 4.74 Å². The van der Waals surface area contributed by atoms with Crippen LogP contribution in [0.15, 0.2) is 22.7 Å². The Bertz CT molecular complexity index is 659. The molecule has 0 bridgehead atoms. The van der Waals surface area contributed by atoms with Crippen LogP contribution >= 0.6 is 15.9 Å². The molecule has 1 aromatic heterocycles. The highest BCUT2D eigenvalue weighted by molar-refractivity contribution is 9.10. The number of nitrogens with zero attached hydrogens (tertiary/aromatic N) is 2. The van der Waals surface area contributed by atoms with Gasteiger partial charge in [-0.25, -0.2) is 4.98 Å². The first kappa shape index (κ1) is 17.3. The molecule has 1 aromatic carbocycles. The van der Waals surface area contributed by atoms with E-state index in [4.69, 9.17) is 0 Å². The lowest BCUT2D eigenvalue weighted by Gasteiger charge is -2.19. The van der Waals surface area contributed by atoms with Crippen molar-refractivity contribution in [2.45, 2.75) is 40.1 Å². The Morgan fingerprint density at radius 1 is 1.23 bits per heavy atom. The number of fused-ring (bicyclic) bond motifs is 1. The average molecular weight is 379 g/mol. The number of aromatic nitrogens is 2. The van der Waals surface area contributed by atoms with Gasteiger partial charge in [0.2, 0.25) is 0 Å². The molecule has 0 spiro atoms. The Morgan fingerprint density at radius 2 is 1.91 bits per heavy atom. The molecule has 1 heterocycles. The Morgan fingerprint density at radius 3 is 2.50 bits per heavy atom. The van der Waals surface area contributed by atoms with Crippen LogP contribution in [0, 0.1) is 5.41 Å². The summed E-state index contributed by atoms with van der Waals surface area (Å²) in [5, 5.41) is 0. The molecule has 0 fully saturated rings. The number of halogens is 4. The first-order chi connectivity index (χ1) is 10.1. The third-order valence-electron chi connectivity index (χ3n) is 3.06. The van der Waals surface area contributed by atoms with E-state index in [-0.39, 0.29) is 12.0 Å². The largest absolute Gasteiger partial charge is 0.522 e. The molecule has 122 valence electrons. The van der Waals surface area contributed by atoms with E-state index in [1.54, 1.807) is 4.57 Å². The third-order valence-corrected chi connectivity index (χ3v) is 3.55. The van der Waals surface area contributed by atoms with Gasteiger partial charge in [-0.05, 0) is 23.6 Å². The lowest BCUT2D eigenvalue weighted by molar-refractivity contribution is -0.325. The van der Waals surface area contributed by atoms with Gasteiger partial charge in [0, 0.05) is 17.4 Å². The molecule has 0 aliphatic heterocycles. The summed E-state index contributed by atoms with van der Waals surface area (Å²) in [6.07, 6.45) is -3.94. The van der Waals surface area contributed by atoms with E-state index in [9.17, 15) is 13.2 Å². The second kappa shape index (κ2) is 6.20. The zero-order valence-corrected chi connectivity index (χ0v) is 14.3. The van der Waals surface area contributed by atoms with Gasteiger partial charge in [-0.15, -0.1) is 13.2 Å². The summed E-state index contributed by atoms with van der Waals surface area (Å²) < 4.78 is 43.1. The molecule has 7 heteroatoms. The first-order valence-corrected chi connectivity index (χ1v) is 7.70. The Balaban J connectivity index is 2.33. The van der Waals surface area contributed by atoms with Crippen LogP contribution in [-0.2, 0) is 17.7 Å². The number of ether oxygens (including phenoxy) is 1. The van der Waals surface area contributed by atoms with Crippen LogP contribution in [0.3, 0.4) is 0 Å². The highest BCUT2D eigenvalue weighted by Crippen LogP contribution is 2.26. The van der Waals surface area contributed by atoms with Crippen LogP contribution in [0.25, 0.3) is 11.0 Å². The predicted octanol–water partition coefficient (Wildman–Crippen LogP) is 4.92. The van der Waals surface area contributed by atoms with Gasteiger partial charge in [-0.2, -0.15) is 0 Å². The zero-order valence-electron chi connectivity index (χ0n) is 12.7. The monoisotopic (exact) mass is 378 g/mol. The number of hydrogen-bond acceptors (Lipinski definition) is 2. The van der Waals surface area contributed by atoms with E-state index < -0.39 is 13.0 Å². The number of imidazole rings is 1. The standard InChI is InChI=1S/C15H18BrF3N2O/c1-14(2,3)9-13-20-11-8-10(16)4-5-12(11)21(13)6-7-22-15(17,18)19/h4-5,8H,6-7,9H2,1-3H3. The highest BCUT2D eigenvalue weighted by Gasteiger charge is 2.29. The maximum absolute atomic E-state index is 12.2. The summed E-state index contributed by atoms with van der Waals surface area (Å²) >= 11 is 3.38. The second-order valence-corrected chi connectivity index (χ2v) is 7.26. The van der Waals surface area contributed by atoms with Gasteiger partial charge in [0.25, 0.3) is 0 Å². The summed E-state index contributed by atoms with van der Waals surface area (Å²) in [6, 6.07) is 5.57. The van der Waals surface area contributed by atoms with E-state index in [2.05, 4.69) is 46.4 Å². The second-order valence-electron chi connectivity index (χ2n) is 6.34. The van der Waals surface area contributed by atoms with Crippen LogP contribution < -0.4 is 0 Å². The van der Waals surface area contributed by atoms with Gasteiger partial charge in [-0.1, -0.05) is 36.7 Å². The maximum Gasteiger partial charge on any atom is 0.522 e. The van der Waals surface area contributed by atoms with Crippen LogP contribution in [0.2, 0.25) is 0 Å². The average Bonchev–Trinajstić information content (AvgIpc) is 2.62. The topological polar surface area (TPSA) is 27.1 Å². The Labute approximate surface area is 135 Å². The molecule has 0 radical (unpaired) electrons. The fraction of sp³-hybridized carbons (Fsp3) is 0.533. The van der Waals surface area contributed by atoms with Crippen LogP contribution in [0.4, 0.5) is 13.2 Å². The molecule has 3 nitrogen and oxygen atoms in total. The molecule has 0 atom stereocenters. The quantitative estimate of drug-likeness (QED) is 0.754. The molecule has 0 N–H and O–H groups in total. The molecular formula is C15H18BrF3N2O. The van der Waals surface area contributed by atoms with Crippen molar-refractivity contribution in [3.05, 3.63) is 28.5 Å². The molecule has 0 amide bonds. The Hall–Kier alpha value is -1.08. The summed E-state index contributed by atoms with van der Waals surface area (Å²) in [6.45, 7) is 5.89. The molecule has 0 aliphatic carbocycles. The first-order valence-electron chi connectivity index (χ1n) is 6.90. The van der Waals surface area contributed by atoms with Crippen molar-refractivity contribution in [3.8, 4) is 0 Å². The van der Waals surface area contributed by atoms with Crippen molar-refractivity contribution in [1.29, 1.82) is 0 Å². The minimum atomic E-state index is -4.61. The lowest BCUT2D eigenvalue weighted by atomic mass is 9.92. The minimum Gasteiger partial charge on any atom is -0.326 e. The van der Waals surface area contributed by atoms with Gasteiger partial charge in [0.1, 0.15) is 5.82 Å². The third kappa shape index (κ3) is 4.71. The zero-order chi connectivity index (χ0) is 16.5. The summed E-state index contributed by atoms with van der Waals surface area (Å²) in [7, 11) is 0. The van der Waals surface area contributed by atoms with Crippen molar-refractivity contribution < 1.29 is 17.9 Å². The van der Waals surface area contributed by atoms with Gasteiger partial charge >= 0.3 is 6.36 Å². The molecule has 0 saturated heterocycles. The number of rotatable bonds is 4. The molecule has 2 rings (SSSR count). The number of benzene rings is 1. The molecule has 0 aliphatic rings. The fourth-order valence-corrected chi connectivity index (χ4v) is 2.61. The van der Waals surface area contributed by atoms with E-state index >= 15 is 0 Å². The van der Waals surface area contributed by atoms with E-state index in [1.165, 1.54) is 0 Å². The number of alkyl halides is 3. The van der Waals surface area contributed by atoms with E-state index in [0.29, 0.717) is 6.42 Å². The fourth-order valence-electron chi connectivity index (χ4n) is 2.26. The van der Waals surface area contributed by atoms with Crippen LogP contribution in [0.1, 0.15) is 26.6 Å². The van der Waals surface area contributed by atoms with Gasteiger partial charge in [0.15, 0.2) is 0 Å². The predicted molar refractivity (Wildman–Crippen MR) is 82.6 cm³/mol. The molecular weight excluding hydrogens is 361 g/mol. The summed E-state index contributed by atoms with van der Waals surface area (Å²) in [5.41, 5.74) is 1.56. The van der Waals surface area contributed by atoms with Crippen LogP contribution in [0.5, 0.6) is 0 Å².